The first-order chi connectivity index (χ1) is 18.9. The molecule has 0 saturated heterocycles. The van der Waals surface area contributed by atoms with E-state index in [4.69, 9.17) is 4.74 Å². The fraction of sp³-hybridized carbons (Fsp3) is 0.100. The molecule has 194 valence electrons. The average molecular weight is 539 g/mol. The van der Waals surface area contributed by atoms with Gasteiger partial charge in [-0.1, -0.05) is 72.8 Å². The number of ether oxygens (including phenoxy) is 1. The van der Waals surface area contributed by atoms with Crippen molar-refractivity contribution in [3.63, 3.8) is 0 Å². The third-order valence-corrected chi connectivity index (χ3v) is 7.69. The predicted octanol–water partition coefficient (Wildman–Crippen LogP) is 5.69. The maximum Gasteiger partial charge on any atom is 0.335 e. The Kier molecular flexibility index (Phi) is 7.51. The standard InChI is InChI=1S/C30H22N2O6S/c33-28-24-13-7-8-14-25(24)29(34)31(28)26(30(35)38-23-17-15-22(16-18-23)32(36)37)19-39-27(20-9-3-1-4-10-20)21-11-5-2-6-12-21/h1-18,26-27H,19H2/t26-/m0/s1. The van der Waals surface area contributed by atoms with Gasteiger partial charge in [0.05, 0.1) is 21.3 Å². The van der Waals surface area contributed by atoms with Crippen molar-refractivity contribution in [1.29, 1.82) is 0 Å². The maximum atomic E-state index is 13.5. The highest BCUT2D eigenvalue weighted by molar-refractivity contribution is 7.99. The minimum Gasteiger partial charge on any atom is -0.425 e. The van der Waals surface area contributed by atoms with Gasteiger partial charge < -0.3 is 4.74 Å². The minimum absolute atomic E-state index is 0.0612. The van der Waals surface area contributed by atoms with Crippen molar-refractivity contribution in [1.82, 2.24) is 4.90 Å². The molecule has 0 saturated carbocycles. The molecule has 9 heteroatoms. The number of nitro groups is 1. The van der Waals surface area contributed by atoms with Crippen LogP contribution in [0.4, 0.5) is 5.69 Å². The van der Waals surface area contributed by atoms with Crippen molar-refractivity contribution in [3.05, 3.63) is 142 Å². The summed E-state index contributed by atoms with van der Waals surface area (Å²) < 4.78 is 5.54. The highest BCUT2D eigenvalue weighted by Crippen LogP contribution is 2.37. The van der Waals surface area contributed by atoms with Crippen LogP contribution in [-0.2, 0) is 4.79 Å². The van der Waals surface area contributed by atoms with E-state index in [0.29, 0.717) is 0 Å². The van der Waals surface area contributed by atoms with Gasteiger partial charge in [-0.2, -0.15) is 0 Å². The van der Waals surface area contributed by atoms with E-state index in [-0.39, 0.29) is 33.6 Å². The number of benzene rings is 4. The lowest BCUT2D eigenvalue weighted by atomic mass is 10.0. The first-order valence-corrected chi connectivity index (χ1v) is 13.1. The molecule has 2 amide bonds. The molecule has 4 aromatic carbocycles. The van der Waals surface area contributed by atoms with E-state index >= 15 is 0 Å². The Hall–Kier alpha value is -4.76. The van der Waals surface area contributed by atoms with Gasteiger partial charge in [-0.15, -0.1) is 11.8 Å². The molecule has 0 spiro atoms. The molecule has 4 aromatic rings. The van der Waals surface area contributed by atoms with E-state index in [1.54, 1.807) is 24.3 Å². The van der Waals surface area contributed by atoms with Crippen molar-refractivity contribution in [2.75, 3.05) is 5.75 Å². The number of nitro benzene ring substituents is 1. The SMILES string of the molecule is O=C(Oc1ccc([N+](=O)[O-])cc1)[C@H](CSC(c1ccccc1)c1ccccc1)N1C(=O)c2ccccc2C1=O. The number of non-ortho nitro benzene ring substituents is 1. The fourth-order valence-electron chi connectivity index (χ4n) is 4.39. The number of rotatable bonds is 9. The third-order valence-electron chi connectivity index (χ3n) is 6.30. The summed E-state index contributed by atoms with van der Waals surface area (Å²) in [4.78, 5) is 51.6. The van der Waals surface area contributed by atoms with Crippen LogP contribution in [0.5, 0.6) is 5.75 Å². The number of esters is 1. The minimum atomic E-state index is -1.24. The molecule has 1 aliphatic rings. The van der Waals surface area contributed by atoms with Gasteiger partial charge in [0.2, 0.25) is 0 Å². The van der Waals surface area contributed by atoms with Crippen LogP contribution in [0.1, 0.15) is 37.1 Å². The Bertz CT molecular complexity index is 1450. The topological polar surface area (TPSA) is 107 Å². The summed E-state index contributed by atoms with van der Waals surface area (Å²) in [5.74, 6) is -1.83. The predicted molar refractivity (Wildman–Crippen MR) is 147 cm³/mol. The van der Waals surface area contributed by atoms with Crippen molar-refractivity contribution < 1.29 is 24.0 Å². The number of carbonyl (C=O) groups is 3. The Morgan fingerprint density at radius 1 is 0.769 bits per heavy atom. The number of fused-ring (bicyclic) bond motifs is 1. The van der Waals surface area contributed by atoms with Crippen LogP contribution in [0, 0.1) is 10.1 Å². The van der Waals surface area contributed by atoms with E-state index in [1.807, 2.05) is 60.7 Å². The van der Waals surface area contributed by atoms with Gasteiger partial charge in [-0.25, -0.2) is 4.79 Å². The number of hydrogen-bond acceptors (Lipinski definition) is 7. The molecule has 0 radical (unpaired) electrons. The van der Waals surface area contributed by atoms with Crippen LogP contribution in [-0.4, -0.2) is 39.4 Å². The molecule has 0 bridgehead atoms. The van der Waals surface area contributed by atoms with Crippen molar-refractivity contribution in [2.45, 2.75) is 11.3 Å². The van der Waals surface area contributed by atoms with E-state index in [1.165, 1.54) is 36.0 Å². The first kappa shape index (κ1) is 25.9. The van der Waals surface area contributed by atoms with Crippen LogP contribution >= 0.6 is 11.8 Å². The Labute approximate surface area is 228 Å². The molecule has 8 nitrogen and oxygen atoms in total. The normalized spacial score (nSPS) is 13.3. The second kappa shape index (κ2) is 11.3. The number of thioether (sulfide) groups is 1. The zero-order valence-electron chi connectivity index (χ0n) is 20.5. The zero-order chi connectivity index (χ0) is 27.4. The highest BCUT2D eigenvalue weighted by atomic mass is 32.2. The third kappa shape index (κ3) is 5.44. The monoisotopic (exact) mass is 538 g/mol. The maximum absolute atomic E-state index is 13.5. The van der Waals surface area contributed by atoms with E-state index in [9.17, 15) is 24.5 Å². The Morgan fingerprint density at radius 3 is 1.74 bits per heavy atom. The van der Waals surface area contributed by atoms with Crippen LogP contribution in [0.3, 0.4) is 0 Å². The van der Waals surface area contributed by atoms with Gasteiger partial charge in [0, 0.05) is 17.9 Å². The molecule has 0 unspecified atom stereocenters. The van der Waals surface area contributed by atoms with E-state index < -0.39 is 28.7 Å². The zero-order valence-corrected chi connectivity index (χ0v) is 21.3. The van der Waals surface area contributed by atoms with Crippen LogP contribution in [0.2, 0.25) is 0 Å². The molecule has 1 heterocycles. The summed E-state index contributed by atoms with van der Waals surface area (Å²) in [5, 5.41) is 10.8. The van der Waals surface area contributed by atoms with Crippen LogP contribution in [0.25, 0.3) is 0 Å². The Balaban J connectivity index is 1.46. The van der Waals surface area contributed by atoms with Gasteiger partial charge in [-0.3, -0.25) is 24.6 Å². The molecule has 5 rings (SSSR count). The molecule has 39 heavy (non-hydrogen) atoms. The number of imide groups is 1. The number of nitrogens with zero attached hydrogens (tertiary/aromatic N) is 2. The smallest absolute Gasteiger partial charge is 0.335 e. The second-order valence-corrected chi connectivity index (χ2v) is 9.89. The van der Waals surface area contributed by atoms with Crippen molar-refractivity contribution in [3.8, 4) is 5.75 Å². The second-order valence-electron chi connectivity index (χ2n) is 8.75. The summed E-state index contributed by atoms with van der Waals surface area (Å²) in [6.45, 7) is 0. The number of amides is 2. The summed E-state index contributed by atoms with van der Waals surface area (Å²) in [6.07, 6.45) is 0. The van der Waals surface area contributed by atoms with Gasteiger partial charge in [-0.05, 0) is 35.4 Å². The summed E-state index contributed by atoms with van der Waals surface area (Å²) in [7, 11) is 0. The van der Waals surface area contributed by atoms with Gasteiger partial charge in [0.15, 0.2) is 0 Å². The van der Waals surface area contributed by atoms with Gasteiger partial charge in [0.1, 0.15) is 11.8 Å². The summed E-state index contributed by atoms with van der Waals surface area (Å²) >= 11 is 1.41. The lowest BCUT2D eigenvalue weighted by molar-refractivity contribution is -0.384. The largest absolute Gasteiger partial charge is 0.425 e. The number of carbonyl (C=O) groups excluding carboxylic acids is 3. The highest BCUT2D eigenvalue weighted by Gasteiger charge is 2.44. The summed E-state index contributed by atoms with van der Waals surface area (Å²) in [5.41, 5.74) is 2.29. The van der Waals surface area contributed by atoms with Gasteiger partial charge >= 0.3 is 5.97 Å². The molecular formula is C30H22N2O6S. The van der Waals surface area contributed by atoms with Crippen molar-refractivity contribution >= 4 is 35.2 Å². The lowest BCUT2D eigenvalue weighted by Crippen LogP contribution is -2.48. The average Bonchev–Trinajstić information content (AvgIpc) is 3.22. The molecule has 0 fully saturated rings. The first-order valence-electron chi connectivity index (χ1n) is 12.1. The summed E-state index contributed by atoms with van der Waals surface area (Å²) in [6, 6.07) is 29.7. The molecule has 0 aliphatic carbocycles. The molecule has 1 atom stereocenters. The molecule has 1 aliphatic heterocycles. The molecular weight excluding hydrogens is 516 g/mol. The molecule has 0 aromatic heterocycles. The Morgan fingerprint density at radius 2 is 1.26 bits per heavy atom. The number of hydrogen-bond donors (Lipinski definition) is 0. The fourth-order valence-corrected chi connectivity index (χ4v) is 5.75. The lowest BCUT2D eigenvalue weighted by Gasteiger charge is -2.26. The quantitative estimate of drug-likeness (QED) is 0.0886. The van der Waals surface area contributed by atoms with Crippen LogP contribution < -0.4 is 4.74 Å². The van der Waals surface area contributed by atoms with Gasteiger partial charge in [0.25, 0.3) is 17.5 Å². The van der Waals surface area contributed by atoms with E-state index in [0.717, 1.165) is 16.0 Å². The molecule has 0 N–H and O–H groups in total. The van der Waals surface area contributed by atoms with Crippen molar-refractivity contribution in [2.24, 2.45) is 0 Å². The van der Waals surface area contributed by atoms with E-state index in [2.05, 4.69) is 0 Å². The van der Waals surface area contributed by atoms with Crippen LogP contribution in [0.15, 0.2) is 109 Å².